The molecule has 1 aliphatic heterocycles. The molecule has 4 nitrogen and oxygen atoms in total. The van der Waals surface area contributed by atoms with Crippen LogP contribution in [0.3, 0.4) is 0 Å². The van der Waals surface area contributed by atoms with Crippen LogP contribution in [-0.2, 0) is 0 Å². The van der Waals surface area contributed by atoms with Gasteiger partial charge in [-0.3, -0.25) is 14.5 Å². The molecule has 3 rings (SSSR count). The first-order valence-electron chi connectivity index (χ1n) is 9.38. The molecule has 1 saturated carbocycles. The molecule has 0 amide bonds. The average molecular weight is 330 g/mol. The topological polar surface area (TPSA) is 53.2 Å². The monoisotopic (exact) mass is 330 g/mol. The van der Waals surface area contributed by atoms with Crippen LogP contribution in [0.2, 0.25) is 0 Å². The first-order chi connectivity index (χ1) is 11.4. The zero-order chi connectivity index (χ0) is 17.4. The number of likely N-dealkylation sites (tertiary alicyclic amines) is 1. The summed E-state index contributed by atoms with van der Waals surface area (Å²) in [5.41, 5.74) is 2.92. The summed E-state index contributed by atoms with van der Waals surface area (Å²) in [4.78, 5) is 30.4. The fourth-order valence-corrected chi connectivity index (χ4v) is 4.88. The van der Waals surface area contributed by atoms with Gasteiger partial charge in [-0.1, -0.05) is 19.3 Å². The summed E-state index contributed by atoms with van der Waals surface area (Å²) in [6.45, 7) is 9.41. The second kappa shape index (κ2) is 6.83. The van der Waals surface area contributed by atoms with E-state index in [0.29, 0.717) is 11.3 Å². The fraction of sp³-hybridized carbons (Fsp3) is 0.700. The van der Waals surface area contributed by atoms with E-state index >= 15 is 0 Å². The van der Waals surface area contributed by atoms with Crippen LogP contribution in [0.5, 0.6) is 0 Å². The Labute approximate surface area is 145 Å². The molecule has 1 saturated heterocycles. The lowest BCUT2D eigenvalue weighted by molar-refractivity contribution is 0.0515. The lowest BCUT2D eigenvalue weighted by atomic mass is 9.75. The summed E-state index contributed by atoms with van der Waals surface area (Å²) in [6.07, 6.45) is 6.64. The van der Waals surface area contributed by atoms with Crippen molar-refractivity contribution in [3.05, 3.63) is 22.5 Å². The fourth-order valence-electron chi connectivity index (χ4n) is 4.88. The Hall–Kier alpha value is -1.42. The van der Waals surface area contributed by atoms with E-state index in [-0.39, 0.29) is 17.6 Å². The third kappa shape index (κ3) is 3.08. The van der Waals surface area contributed by atoms with Crippen molar-refractivity contribution < 1.29 is 9.59 Å². The molecule has 24 heavy (non-hydrogen) atoms. The van der Waals surface area contributed by atoms with Crippen LogP contribution in [0, 0.1) is 25.7 Å². The molecule has 132 valence electrons. The van der Waals surface area contributed by atoms with E-state index in [1.54, 1.807) is 6.92 Å². The van der Waals surface area contributed by atoms with Crippen molar-refractivity contribution >= 4 is 11.6 Å². The van der Waals surface area contributed by atoms with Crippen LogP contribution in [0.15, 0.2) is 0 Å². The number of Topliss-reactive ketones (excluding diaryl/α,β-unsaturated/α-hetero) is 2. The van der Waals surface area contributed by atoms with Crippen molar-refractivity contribution in [3.63, 3.8) is 0 Å². The minimum Gasteiger partial charge on any atom is -0.355 e. The van der Waals surface area contributed by atoms with Gasteiger partial charge < -0.3 is 4.98 Å². The molecule has 3 atom stereocenters. The van der Waals surface area contributed by atoms with Crippen molar-refractivity contribution in [1.29, 1.82) is 0 Å². The summed E-state index contributed by atoms with van der Waals surface area (Å²) in [6, 6.07) is -0.121. The molecule has 0 bridgehead atoms. The zero-order valence-corrected chi connectivity index (χ0v) is 15.4. The van der Waals surface area contributed by atoms with Crippen LogP contribution < -0.4 is 0 Å². The number of rotatable bonds is 4. The molecule has 4 heteroatoms. The molecule has 1 aliphatic carbocycles. The standard InChI is InChI=1S/C20H30N2O2/c1-12-18(15(4)23)13(2)21-19(12)20(24)14(3)22-10-9-16-7-5-6-8-17(16)11-22/h14,16-17,21H,5-11H2,1-4H3/t14-,16-,17+/m0/s1. The summed E-state index contributed by atoms with van der Waals surface area (Å²) in [7, 11) is 0. The van der Waals surface area contributed by atoms with Crippen molar-refractivity contribution in [3.8, 4) is 0 Å². The van der Waals surface area contributed by atoms with Crippen molar-refractivity contribution in [2.75, 3.05) is 13.1 Å². The Morgan fingerprint density at radius 2 is 1.79 bits per heavy atom. The second-order valence-electron chi connectivity index (χ2n) is 7.81. The maximum atomic E-state index is 13.0. The second-order valence-corrected chi connectivity index (χ2v) is 7.81. The Bertz CT molecular complexity index is 646. The third-order valence-corrected chi connectivity index (χ3v) is 6.29. The molecule has 2 fully saturated rings. The van der Waals surface area contributed by atoms with E-state index in [9.17, 15) is 9.59 Å². The molecule has 0 aromatic carbocycles. The number of carbonyl (C=O) groups excluding carboxylic acids is 2. The molecular formula is C20H30N2O2. The number of nitrogens with zero attached hydrogens (tertiary/aromatic N) is 1. The smallest absolute Gasteiger partial charge is 0.196 e. The van der Waals surface area contributed by atoms with E-state index in [4.69, 9.17) is 0 Å². The van der Waals surface area contributed by atoms with Gasteiger partial charge >= 0.3 is 0 Å². The molecule has 0 spiro atoms. The van der Waals surface area contributed by atoms with Crippen LogP contribution in [0.25, 0.3) is 0 Å². The van der Waals surface area contributed by atoms with E-state index in [2.05, 4.69) is 9.88 Å². The Kier molecular flexibility index (Phi) is 4.95. The molecule has 1 N–H and O–H groups in total. The maximum Gasteiger partial charge on any atom is 0.196 e. The van der Waals surface area contributed by atoms with Gasteiger partial charge in [-0.15, -0.1) is 0 Å². The van der Waals surface area contributed by atoms with Gasteiger partial charge in [0.25, 0.3) is 0 Å². The summed E-state index contributed by atoms with van der Waals surface area (Å²) in [5.74, 6) is 1.78. The number of ketones is 2. The number of nitrogens with one attached hydrogen (secondary N) is 1. The highest BCUT2D eigenvalue weighted by molar-refractivity contribution is 6.05. The Morgan fingerprint density at radius 1 is 1.12 bits per heavy atom. The first-order valence-corrected chi connectivity index (χ1v) is 9.38. The number of aromatic amines is 1. The van der Waals surface area contributed by atoms with Crippen molar-refractivity contribution in [2.45, 2.75) is 65.8 Å². The summed E-state index contributed by atoms with van der Waals surface area (Å²) in [5, 5.41) is 0. The number of piperidine rings is 1. The number of aromatic nitrogens is 1. The molecular weight excluding hydrogens is 300 g/mol. The SMILES string of the molecule is CC(=O)c1c(C)[nH]c(C(=O)[C@H](C)N2CC[C@@H]3CCCC[C@@H]3C2)c1C. The molecule has 1 aromatic heterocycles. The van der Waals surface area contributed by atoms with E-state index in [1.807, 2.05) is 20.8 Å². The van der Waals surface area contributed by atoms with E-state index in [0.717, 1.165) is 36.2 Å². The number of carbonyl (C=O) groups is 2. The van der Waals surface area contributed by atoms with Crippen LogP contribution in [0.4, 0.5) is 0 Å². The van der Waals surface area contributed by atoms with Gasteiger partial charge in [-0.25, -0.2) is 0 Å². The zero-order valence-electron chi connectivity index (χ0n) is 15.4. The Balaban J connectivity index is 1.75. The lowest BCUT2D eigenvalue weighted by Crippen LogP contribution is -2.48. The number of hydrogen-bond acceptors (Lipinski definition) is 3. The first kappa shape index (κ1) is 17.4. The lowest BCUT2D eigenvalue weighted by Gasteiger charge is -2.43. The highest BCUT2D eigenvalue weighted by Crippen LogP contribution is 2.37. The molecule has 2 aliphatic rings. The van der Waals surface area contributed by atoms with Gasteiger partial charge in [0.1, 0.15) is 0 Å². The predicted molar refractivity (Wildman–Crippen MR) is 95.7 cm³/mol. The molecule has 1 aromatic rings. The van der Waals surface area contributed by atoms with Crippen molar-refractivity contribution in [2.24, 2.45) is 11.8 Å². The largest absolute Gasteiger partial charge is 0.355 e. The quantitative estimate of drug-likeness (QED) is 0.851. The van der Waals surface area contributed by atoms with E-state index < -0.39 is 0 Å². The van der Waals surface area contributed by atoms with Gasteiger partial charge in [-0.05, 0) is 64.5 Å². The normalized spacial score (nSPS) is 26.0. The molecule has 2 heterocycles. The van der Waals surface area contributed by atoms with Crippen LogP contribution >= 0.6 is 0 Å². The minimum absolute atomic E-state index is 0.0240. The number of aryl methyl sites for hydroxylation is 1. The summed E-state index contributed by atoms with van der Waals surface area (Å²) >= 11 is 0. The van der Waals surface area contributed by atoms with Gasteiger partial charge in [-0.2, -0.15) is 0 Å². The highest BCUT2D eigenvalue weighted by Gasteiger charge is 2.35. The van der Waals surface area contributed by atoms with Crippen LogP contribution in [-0.4, -0.2) is 40.6 Å². The maximum absolute atomic E-state index is 13.0. The number of H-pyrrole nitrogens is 1. The van der Waals surface area contributed by atoms with Gasteiger partial charge in [0.15, 0.2) is 11.6 Å². The molecule has 0 radical (unpaired) electrons. The number of hydrogen-bond donors (Lipinski definition) is 1. The predicted octanol–water partition coefficient (Wildman–Crippen LogP) is 3.92. The third-order valence-electron chi connectivity index (χ3n) is 6.29. The Morgan fingerprint density at radius 3 is 2.42 bits per heavy atom. The summed E-state index contributed by atoms with van der Waals surface area (Å²) < 4.78 is 0. The molecule has 0 unspecified atom stereocenters. The number of fused-ring (bicyclic) bond motifs is 1. The van der Waals surface area contributed by atoms with Gasteiger partial charge in [0.05, 0.1) is 11.7 Å². The minimum atomic E-state index is -0.121. The van der Waals surface area contributed by atoms with Crippen LogP contribution in [0.1, 0.15) is 78.1 Å². The van der Waals surface area contributed by atoms with Gasteiger partial charge in [0, 0.05) is 17.8 Å². The average Bonchev–Trinajstić information content (AvgIpc) is 2.87. The van der Waals surface area contributed by atoms with Gasteiger partial charge in [0.2, 0.25) is 0 Å². The highest BCUT2D eigenvalue weighted by atomic mass is 16.1. The van der Waals surface area contributed by atoms with Crippen molar-refractivity contribution in [1.82, 2.24) is 9.88 Å². The van der Waals surface area contributed by atoms with E-state index in [1.165, 1.54) is 32.1 Å².